The molecule has 31 heavy (non-hydrogen) atoms. The van der Waals surface area contributed by atoms with Crippen molar-refractivity contribution in [3.63, 3.8) is 0 Å². The van der Waals surface area contributed by atoms with Gasteiger partial charge in [0.2, 0.25) is 11.8 Å². The van der Waals surface area contributed by atoms with Crippen molar-refractivity contribution in [3.8, 4) is 11.4 Å². The predicted octanol–water partition coefficient (Wildman–Crippen LogP) is 2.18. The molecule has 2 unspecified atom stereocenters. The van der Waals surface area contributed by atoms with Crippen LogP contribution in [0.2, 0.25) is 0 Å². The van der Waals surface area contributed by atoms with Gasteiger partial charge in [0.1, 0.15) is 5.82 Å². The van der Waals surface area contributed by atoms with Gasteiger partial charge in [-0.3, -0.25) is 14.6 Å². The molecule has 0 aromatic carbocycles. The van der Waals surface area contributed by atoms with Crippen LogP contribution in [0.15, 0.2) is 30.6 Å². The molecule has 0 radical (unpaired) electrons. The molecule has 8 heteroatoms. The molecule has 2 aromatic rings. The molecule has 2 atom stereocenters. The Bertz CT molecular complexity index is 948. The van der Waals surface area contributed by atoms with Crippen LogP contribution in [0.4, 0.5) is 5.82 Å². The topological polar surface area (TPSA) is 82.5 Å². The van der Waals surface area contributed by atoms with Gasteiger partial charge in [-0.1, -0.05) is 0 Å². The van der Waals surface area contributed by atoms with Crippen LogP contribution in [0.25, 0.3) is 11.4 Å². The van der Waals surface area contributed by atoms with Gasteiger partial charge < -0.3 is 14.7 Å². The van der Waals surface area contributed by atoms with Gasteiger partial charge in [-0.05, 0) is 31.9 Å². The van der Waals surface area contributed by atoms with E-state index in [1.807, 2.05) is 49.0 Å². The number of rotatable bonds is 5. The highest BCUT2D eigenvalue weighted by atomic mass is 16.2. The molecule has 2 aromatic heterocycles. The fourth-order valence-electron chi connectivity index (χ4n) is 4.44. The Morgan fingerprint density at radius 1 is 1.19 bits per heavy atom. The highest BCUT2D eigenvalue weighted by Crippen LogP contribution is 2.31. The first-order valence-electron chi connectivity index (χ1n) is 11.0. The normalized spacial score (nSPS) is 21.5. The van der Waals surface area contributed by atoms with Crippen molar-refractivity contribution in [2.75, 3.05) is 45.2 Å². The van der Waals surface area contributed by atoms with Crippen molar-refractivity contribution in [3.05, 3.63) is 36.3 Å². The molecule has 2 aliphatic rings. The van der Waals surface area contributed by atoms with E-state index in [4.69, 9.17) is 9.97 Å². The zero-order valence-electron chi connectivity index (χ0n) is 18.5. The molecule has 2 aliphatic heterocycles. The second-order valence-electron chi connectivity index (χ2n) is 8.56. The lowest BCUT2D eigenvalue weighted by Crippen LogP contribution is -2.43. The average Bonchev–Trinajstić information content (AvgIpc) is 3.19. The minimum Gasteiger partial charge on any atom is -0.363 e. The van der Waals surface area contributed by atoms with Gasteiger partial charge in [0, 0.05) is 76.6 Å². The van der Waals surface area contributed by atoms with Crippen LogP contribution >= 0.6 is 0 Å². The lowest BCUT2D eigenvalue weighted by molar-refractivity contribution is -0.137. The van der Waals surface area contributed by atoms with Gasteiger partial charge in [0.15, 0.2) is 5.82 Å². The van der Waals surface area contributed by atoms with Crippen molar-refractivity contribution in [1.29, 1.82) is 0 Å². The fraction of sp³-hybridized carbons (Fsp3) is 0.522. The van der Waals surface area contributed by atoms with E-state index in [0.29, 0.717) is 31.9 Å². The maximum atomic E-state index is 13.1. The largest absolute Gasteiger partial charge is 0.363 e. The summed E-state index contributed by atoms with van der Waals surface area (Å²) in [5, 5.41) is 0. The third kappa shape index (κ3) is 4.52. The summed E-state index contributed by atoms with van der Waals surface area (Å²) in [4.78, 5) is 44.6. The number of carbonyl (C=O) groups is 2. The van der Waals surface area contributed by atoms with Crippen molar-refractivity contribution >= 4 is 17.6 Å². The molecule has 0 aliphatic carbocycles. The van der Waals surface area contributed by atoms with Gasteiger partial charge in [-0.25, -0.2) is 9.97 Å². The molecule has 164 valence electrons. The fourth-order valence-corrected chi connectivity index (χ4v) is 4.44. The molecule has 2 saturated heterocycles. The third-order valence-corrected chi connectivity index (χ3v) is 6.23. The Morgan fingerprint density at radius 2 is 1.97 bits per heavy atom. The minimum absolute atomic E-state index is 0.0860. The molecule has 4 rings (SSSR count). The van der Waals surface area contributed by atoms with E-state index < -0.39 is 0 Å². The molecule has 0 bridgehead atoms. The number of aromatic nitrogens is 3. The first-order chi connectivity index (χ1) is 15.0. The summed E-state index contributed by atoms with van der Waals surface area (Å²) in [6.07, 6.45) is 5.72. The van der Waals surface area contributed by atoms with Crippen molar-refractivity contribution in [1.82, 2.24) is 24.8 Å². The number of likely N-dealkylation sites (tertiary alicyclic amines) is 2. The predicted molar refractivity (Wildman–Crippen MR) is 119 cm³/mol. The van der Waals surface area contributed by atoms with Crippen molar-refractivity contribution < 1.29 is 9.59 Å². The van der Waals surface area contributed by atoms with E-state index in [1.165, 1.54) is 0 Å². The number of nitrogens with zero attached hydrogens (tertiary/aromatic N) is 6. The smallest absolute Gasteiger partial charge is 0.228 e. The summed E-state index contributed by atoms with van der Waals surface area (Å²) in [6.45, 7) is 4.54. The van der Waals surface area contributed by atoms with Crippen LogP contribution in [-0.4, -0.2) is 76.8 Å². The number of hydrogen-bond donors (Lipinski definition) is 0. The average molecular weight is 423 g/mol. The van der Waals surface area contributed by atoms with Crippen LogP contribution in [0.5, 0.6) is 0 Å². The third-order valence-electron chi connectivity index (χ3n) is 6.23. The van der Waals surface area contributed by atoms with Crippen LogP contribution < -0.4 is 4.90 Å². The van der Waals surface area contributed by atoms with Crippen LogP contribution in [0.3, 0.4) is 0 Å². The lowest BCUT2D eigenvalue weighted by Gasteiger charge is -2.34. The highest BCUT2D eigenvalue weighted by molar-refractivity contribution is 5.89. The molecule has 0 saturated carbocycles. The Labute approximate surface area is 183 Å². The monoisotopic (exact) mass is 422 g/mol. The summed E-state index contributed by atoms with van der Waals surface area (Å²) >= 11 is 0. The summed E-state index contributed by atoms with van der Waals surface area (Å²) in [5.41, 5.74) is 1.88. The quantitative estimate of drug-likeness (QED) is 0.735. The Kier molecular flexibility index (Phi) is 6.15. The molecule has 2 amide bonds. The van der Waals surface area contributed by atoms with E-state index >= 15 is 0 Å². The standard InChI is InChI=1S/C23H30N6O2/c1-4-28-15-18(12-21(28)30)23(31)29-11-5-6-17(14-29)19-13-20(27(2)3)26-22(25-19)16-7-9-24-10-8-16/h7-10,13,17-18H,4-6,11-12,14-15H2,1-3H3. The van der Waals surface area contributed by atoms with Crippen molar-refractivity contribution in [2.45, 2.75) is 32.1 Å². The van der Waals surface area contributed by atoms with Gasteiger partial charge in [0.25, 0.3) is 0 Å². The van der Waals surface area contributed by atoms with Crippen LogP contribution in [0.1, 0.15) is 37.8 Å². The lowest BCUT2D eigenvalue weighted by atomic mass is 9.93. The van der Waals surface area contributed by atoms with E-state index in [0.717, 1.165) is 36.5 Å². The second-order valence-corrected chi connectivity index (χ2v) is 8.56. The van der Waals surface area contributed by atoms with E-state index in [1.54, 1.807) is 17.3 Å². The first kappa shape index (κ1) is 21.2. The van der Waals surface area contributed by atoms with Gasteiger partial charge >= 0.3 is 0 Å². The number of piperidine rings is 1. The molecule has 8 nitrogen and oxygen atoms in total. The molecular weight excluding hydrogens is 392 g/mol. The molecule has 0 spiro atoms. The number of anilines is 1. The maximum absolute atomic E-state index is 13.1. The minimum atomic E-state index is -0.221. The number of hydrogen-bond acceptors (Lipinski definition) is 6. The number of amides is 2. The van der Waals surface area contributed by atoms with Crippen LogP contribution in [0, 0.1) is 5.92 Å². The summed E-state index contributed by atoms with van der Waals surface area (Å²) in [5.74, 6) is 1.64. The number of pyridine rings is 1. The van der Waals surface area contributed by atoms with E-state index in [-0.39, 0.29) is 23.7 Å². The Balaban J connectivity index is 1.56. The van der Waals surface area contributed by atoms with E-state index in [9.17, 15) is 9.59 Å². The summed E-state index contributed by atoms with van der Waals surface area (Å²) in [7, 11) is 3.94. The highest BCUT2D eigenvalue weighted by Gasteiger charge is 2.37. The van der Waals surface area contributed by atoms with Crippen LogP contribution in [-0.2, 0) is 9.59 Å². The summed E-state index contributed by atoms with van der Waals surface area (Å²) in [6, 6.07) is 5.85. The Hall–Kier alpha value is -3.03. The maximum Gasteiger partial charge on any atom is 0.228 e. The van der Waals surface area contributed by atoms with Gasteiger partial charge in [0.05, 0.1) is 11.6 Å². The second kappa shape index (κ2) is 8.99. The zero-order chi connectivity index (χ0) is 22.0. The first-order valence-corrected chi connectivity index (χ1v) is 11.0. The molecule has 0 N–H and O–H groups in total. The van der Waals surface area contributed by atoms with Gasteiger partial charge in [-0.2, -0.15) is 0 Å². The Morgan fingerprint density at radius 3 is 2.65 bits per heavy atom. The molecule has 4 heterocycles. The summed E-state index contributed by atoms with van der Waals surface area (Å²) < 4.78 is 0. The SMILES string of the molecule is CCN1CC(C(=O)N2CCCC(c3cc(N(C)C)nc(-c4ccncc4)n3)C2)CC1=O. The molecular formula is C23H30N6O2. The van der Waals surface area contributed by atoms with Crippen molar-refractivity contribution in [2.24, 2.45) is 5.92 Å². The molecule has 2 fully saturated rings. The zero-order valence-corrected chi connectivity index (χ0v) is 18.5. The number of carbonyl (C=O) groups excluding carboxylic acids is 2. The van der Waals surface area contributed by atoms with E-state index in [2.05, 4.69) is 4.98 Å². The van der Waals surface area contributed by atoms with Gasteiger partial charge in [-0.15, -0.1) is 0 Å².